The first-order valence-electron chi connectivity index (χ1n) is 5.17. The summed E-state index contributed by atoms with van der Waals surface area (Å²) in [6, 6.07) is 6.95. The highest BCUT2D eigenvalue weighted by Gasteiger charge is 2.28. The van der Waals surface area contributed by atoms with Crippen LogP contribution >= 0.6 is 0 Å². The van der Waals surface area contributed by atoms with Gasteiger partial charge in [-0.05, 0) is 49.0 Å². The van der Waals surface area contributed by atoms with Crippen LogP contribution in [0.1, 0.15) is 25.3 Å². The van der Waals surface area contributed by atoms with Crippen molar-refractivity contribution in [2.45, 2.75) is 25.2 Å². The number of rotatable bonds is 1. The molecule has 1 nitrogen and oxygen atoms in total. The molecular weight excluding hydrogens is 177 g/mol. The number of nitrogens with one attached hydrogen (secondary N) is 1. The topological polar surface area (TPSA) is 12.0 Å². The minimum Gasteiger partial charge on any atom is -0.317 e. The van der Waals surface area contributed by atoms with Crippen molar-refractivity contribution in [3.05, 3.63) is 35.6 Å². The van der Waals surface area contributed by atoms with Gasteiger partial charge >= 0.3 is 0 Å². The van der Waals surface area contributed by atoms with E-state index in [2.05, 4.69) is 12.2 Å². The van der Waals surface area contributed by atoms with Crippen LogP contribution in [0.4, 0.5) is 4.39 Å². The van der Waals surface area contributed by atoms with E-state index in [9.17, 15) is 4.39 Å². The minimum absolute atomic E-state index is 0.147. The van der Waals surface area contributed by atoms with Crippen molar-refractivity contribution in [2.24, 2.45) is 0 Å². The van der Waals surface area contributed by atoms with Crippen LogP contribution in [0.2, 0.25) is 0 Å². The second kappa shape index (κ2) is 3.70. The van der Waals surface area contributed by atoms with Crippen molar-refractivity contribution < 1.29 is 4.39 Å². The van der Waals surface area contributed by atoms with E-state index in [0.29, 0.717) is 0 Å². The number of halogens is 1. The third kappa shape index (κ3) is 1.80. The van der Waals surface area contributed by atoms with Gasteiger partial charge in [-0.25, -0.2) is 4.39 Å². The first kappa shape index (κ1) is 9.66. The summed E-state index contributed by atoms with van der Waals surface area (Å²) >= 11 is 0. The summed E-state index contributed by atoms with van der Waals surface area (Å²) in [7, 11) is 0. The van der Waals surface area contributed by atoms with E-state index in [-0.39, 0.29) is 11.2 Å². The van der Waals surface area contributed by atoms with Crippen LogP contribution in [-0.2, 0) is 5.41 Å². The van der Waals surface area contributed by atoms with E-state index >= 15 is 0 Å². The lowest BCUT2D eigenvalue weighted by molar-refractivity contribution is 0.335. The second-order valence-electron chi connectivity index (χ2n) is 4.32. The van der Waals surface area contributed by atoms with Gasteiger partial charge in [-0.2, -0.15) is 0 Å². The highest BCUT2D eigenvalue weighted by Crippen LogP contribution is 2.32. The maximum Gasteiger partial charge on any atom is 0.123 e. The molecule has 2 heteroatoms. The van der Waals surface area contributed by atoms with Crippen molar-refractivity contribution in [2.75, 3.05) is 13.1 Å². The Morgan fingerprint density at radius 2 is 1.71 bits per heavy atom. The zero-order valence-electron chi connectivity index (χ0n) is 8.52. The molecule has 0 amide bonds. The number of benzene rings is 1. The van der Waals surface area contributed by atoms with Crippen LogP contribution in [0.5, 0.6) is 0 Å². The van der Waals surface area contributed by atoms with Gasteiger partial charge in [0.15, 0.2) is 0 Å². The number of piperidine rings is 1. The molecule has 0 atom stereocenters. The molecule has 1 aliphatic heterocycles. The van der Waals surface area contributed by atoms with Gasteiger partial charge in [-0.15, -0.1) is 0 Å². The fourth-order valence-electron chi connectivity index (χ4n) is 2.12. The van der Waals surface area contributed by atoms with Crippen molar-refractivity contribution in [1.29, 1.82) is 0 Å². The Morgan fingerprint density at radius 1 is 1.14 bits per heavy atom. The summed E-state index contributed by atoms with van der Waals surface area (Å²) in [5.74, 6) is -0.147. The van der Waals surface area contributed by atoms with Gasteiger partial charge in [0.05, 0.1) is 0 Å². The maximum absolute atomic E-state index is 12.8. The smallest absolute Gasteiger partial charge is 0.123 e. The number of hydrogen-bond donors (Lipinski definition) is 1. The van der Waals surface area contributed by atoms with Gasteiger partial charge < -0.3 is 5.32 Å². The second-order valence-corrected chi connectivity index (χ2v) is 4.32. The molecule has 0 radical (unpaired) electrons. The summed E-state index contributed by atoms with van der Waals surface area (Å²) in [5, 5.41) is 3.35. The molecule has 1 N–H and O–H groups in total. The molecule has 1 fully saturated rings. The SMILES string of the molecule is CC1(c2ccc(F)cc2)CCNCC1. The summed E-state index contributed by atoms with van der Waals surface area (Å²) in [4.78, 5) is 0. The molecule has 1 aromatic rings. The van der Waals surface area contributed by atoms with Crippen molar-refractivity contribution in [3.8, 4) is 0 Å². The third-order valence-corrected chi connectivity index (χ3v) is 3.25. The first-order valence-corrected chi connectivity index (χ1v) is 5.17. The summed E-state index contributed by atoms with van der Waals surface area (Å²) in [5.41, 5.74) is 1.50. The van der Waals surface area contributed by atoms with E-state index in [0.717, 1.165) is 25.9 Å². The molecule has 0 aliphatic carbocycles. The Morgan fingerprint density at radius 3 is 2.29 bits per heavy atom. The first-order chi connectivity index (χ1) is 6.71. The molecule has 2 rings (SSSR count). The monoisotopic (exact) mass is 193 g/mol. The molecule has 0 bridgehead atoms. The predicted octanol–water partition coefficient (Wildman–Crippen LogP) is 2.47. The maximum atomic E-state index is 12.8. The van der Waals surface area contributed by atoms with Gasteiger partial charge in [-0.3, -0.25) is 0 Å². The Bertz CT molecular complexity index is 299. The molecule has 1 saturated heterocycles. The standard InChI is InChI=1S/C12H16FN/c1-12(6-8-14-9-7-12)10-2-4-11(13)5-3-10/h2-5,14H,6-9H2,1H3. The van der Waals surface area contributed by atoms with E-state index in [4.69, 9.17) is 0 Å². The summed E-state index contributed by atoms with van der Waals surface area (Å²) in [6.45, 7) is 4.39. The van der Waals surface area contributed by atoms with Crippen molar-refractivity contribution in [3.63, 3.8) is 0 Å². The average molecular weight is 193 g/mol. The fraction of sp³-hybridized carbons (Fsp3) is 0.500. The van der Waals surface area contributed by atoms with Gasteiger partial charge in [-0.1, -0.05) is 19.1 Å². The molecule has 0 saturated carbocycles. The van der Waals surface area contributed by atoms with Crippen LogP contribution in [0.3, 0.4) is 0 Å². The minimum atomic E-state index is -0.147. The molecule has 14 heavy (non-hydrogen) atoms. The molecule has 76 valence electrons. The van der Waals surface area contributed by atoms with Crippen LogP contribution in [0.25, 0.3) is 0 Å². The highest BCUT2D eigenvalue weighted by atomic mass is 19.1. The predicted molar refractivity (Wildman–Crippen MR) is 55.9 cm³/mol. The Balaban J connectivity index is 2.23. The molecule has 0 unspecified atom stereocenters. The Hall–Kier alpha value is -0.890. The molecule has 1 aliphatic rings. The quantitative estimate of drug-likeness (QED) is 0.722. The van der Waals surface area contributed by atoms with E-state index in [1.54, 1.807) is 12.1 Å². The van der Waals surface area contributed by atoms with Gasteiger partial charge in [0.25, 0.3) is 0 Å². The van der Waals surface area contributed by atoms with Crippen molar-refractivity contribution in [1.82, 2.24) is 5.32 Å². The van der Waals surface area contributed by atoms with Gasteiger partial charge in [0, 0.05) is 0 Å². The average Bonchev–Trinajstić information content (AvgIpc) is 2.19. The number of hydrogen-bond acceptors (Lipinski definition) is 1. The lowest BCUT2D eigenvalue weighted by Gasteiger charge is -2.34. The van der Waals surface area contributed by atoms with Gasteiger partial charge in [0.1, 0.15) is 5.82 Å². The van der Waals surface area contributed by atoms with Crippen LogP contribution in [-0.4, -0.2) is 13.1 Å². The Kier molecular flexibility index (Phi) is 2.55. The molecule has 0 spiro atoms. The van der Waals surface area contributed by atoms with Crippen LogP contribution in [0.15, 0.2) is 24.3 Å². The van der Waals surface area contributed by atoms with Gasteiger partial charge in [0.2, 0.25) is 0 Å². The summed E-state index contributed by atoms with van der Waals surface area (Å²) in [6.07, 6.45) is 2.28. The van der Waals surface area contributed by atoms with Crippen LogP contribution < -0.4 is 5.32 Å². The molecular formula is C12H16FN. The van der Waals surface area contributed by atoms with E-state index in [1.165, 1.54) is 5.56 Å². The third-order valence-electron chi connectivity index (χ3n) is 3.25. The lowest BCUT2D eigenvalue weighted by atomic mass is 9.75. The Labute approximate surface area is 84.3 Å². The highest BCUT2D eigenvalue weighted by molar-refractivity contribution is 5.25. The zero-order chi connectivity index (χ0) is 10.0. The molecule has 1 heterocycles. The summed E-state index contributed by atoms with van der Waals surface area (Å²) < 4.78 is 12.8. The lowest BCUT2D eigenvalue weighted by Crippen LogP contribution is -2.37. The van der Waals surface area contributed by atoms with E-state index < -0.39 is 0 Å². The molecule has 0 aromatic heterocycles. The molecule has 1 aromatic carbocycles. The van der Waals surface area contributed by atoms with E-state index in [1.807, 2.05) is 12.1 Å². The normalized spacial score (nSPS) is 20.7. The largest absolute Gasteiger partial charge is 0.317 e. The zero-order valence-corrected chi connectivity index (χ0v) is 8.52. The van der Waals surface area contributed by atoms with Crippen molar-refractivity contribution >= 4 is 0 Å². The van der Waals surface area contributed by atoms with Crippen LogP contribution in [0, 0.1) is 5.82 Å². The fourth-order valence-corrected chi connectivity index (χ4v) is 2.12.